The predicted molar refractivity (Wildman–Crippen MR) is 90.4 cm³/mol. The van der Waals surface area contributed by atoms with E-state index in [-0.39, 0.29) is 22.1 Å². The summed E-state index contributed by atoms with van der Waals surface area (Å²) in [7, 11) is 0. The van der Waals surface area contributed by atoms with E-state index in [1.807, 2.05) is 0 Å². The van der Waals surface area contributed by atoms with Crippen molar-refractivity contribution in [3.8, 4) is 0 Å². The Bertz CT molecular complexity index is 825. The molecule has 1 amide bonds. The van der Waals surface area contributed by atoms with E-state index in [4.69, 9.17) is 0 Å². The zero-order chi connectivity index (χ0) is 16.9. The van der Waals surface area contributed by atoms with Crippen molar-refractivity contribution in [2.45, 2.75) is 19.3 Å². The van der Waals surface area contributed by atoms with Crippen molar-refractivity contribution in [2.24, 2.45) is 0 Å². The van der Waals surface area contributed by atoms with E-state index in [1.165, 1.54) is 37.7 Å². The smallest absolute Gasteiger partial charge is 0.258 e. The molecule has 0 atom stereocenters. The molecule has 1 aromatic carbocycles. The van der Waals surface area contributed by atoms with Gasteiger partial charge in [-0.3, -0.25) is 14.5 Å². The van der Waals surface area contributed by atoms with Gasteiger partial charge >= 0.3 is 0 Å². The van der Waals surface area contributed by atoms with Crippen LogP contribution >= 0.6 is 0 Å². The number of H-pyrrole nitrogens is 1. The number of benzene rings is 1. The number of aromatic nitrogens is 2. The van der Waals surface area contributed by atoms with Crippen LogP contribution in [0.15, 0.2) is 35.4 Å². The molecule has 1 aromatic heterocycles. The van der Waals surface area contributed by atoms with Crippen LogP contribution in [0.1, 0.15) is 19.3 Å². The number of amides is 1. The first-order chi connectivity index (χ1) is 11.6. The molecule has 2 aromatic rings. The van der Waals surface area contributed by atoms with E-state index in [1.54, 1.807) is 6.08 Å². The topological polar surface area (TPSA) is 78.1 Å². The second-order valence-corrected chi connectivity index (χ2v) is 5.83. The zero-order valence-electron chi connectivity index (χ0n) is 13.2. The van der Waals surface area contributed by atoms with Crippen LogP contribution < -0.4 is 10.9 Å². The lowest BCUT2D eigenvalue weighted by molar-refractivity contribution is -0.111. The molecule has 0 radical (unpaired) electrons. The van der Waals surface area contributed by atoms with Crippen molar-refractivity contribution in [1.82, 2.24) is 14.9 Å². The lowest BCUT2D eigenvalue weighted by Crippen LogP contribution is -2.29. The summed E-state index contributed by atoms with van der Waals surface area (Å²) in [6.07, 6.45) is 8.01. The van der Waals surface area contributed by atoms with Gasteiger partial charge in [0.1, 0.15) is 5.82 Å². The lowest BCUT2D eigenvalue weighted by atomic mass is 10.1. The number of aromatic amines is 1. The number of likely N-dealkylation sites (tertiary alicyclic amines) is 1. The van der Waals surface area contributed by atoms with E-state index < -0.39 is 11.7 Å². The number of fused-ring (bicyclic) bond motifs is 1. The molecule has 0 saturated carbocycles. The maximum Gasteiger partial charge on any atom is 0.258 e. The van der Waals surface area contributed by atoms with Gasteiger partial charge in [-0.2, -0.15) is 0 Å². The number of carbonyl (C=O) groups excluding carboxylic acids is 1. The van der Waals surface area contributed by atoms with Gasteiger partial charge in [0.25, 0.3) is 5.56 Å². The molecule has 1 aliphatic rings. The summed E-state index contributed by atoms with van der Waals surface area (Å²) >= 11 is 0. The predicted octanol–water partition coefficient (Wildman–Crippen LogP) is 2.04. The number of rotatable bonds is 4. The van der Waals surface area contributed by atoms with E-state index in [0.29, 0.717) is 6.54 Å². The Labute approximate surface area is 138 Å². The molecule has 0 spiro atoms. The van der Waals surface area contributed by atoms with Gasteiger partial charge in [-0.1, -0.05) is 12.5 Å². The number of hydrogen-bond donors (Lipinski definition) is 2. The summed E-state index contributed by atoms with van der Waals surface area (Å²) < 4.78 is 14.0. The monoisotopic (exact) mass is 330 g/mol. The highest BCUT2D eigenvalue weighted by atomic mass is 19.1. The second-order valence-electron chi connectivity index (χ2n) is 5.83. The summed E-state index contributed by atoms with van der Waals surface area (Å²) in [5.41, 5.74) is -0.167. The molecule has 24 heavy (non-hydrogen) atoms. The summed E-state index contributed by atoms with van der Waals surface area (Å²) in [4.78, 5) is 32.3. The second kappa shape index (κ2) is 7.35. The molecule has 7 heteroatoms. The normalized spacial score (nSPS) is 15.9. The van der Waals surface area contributed by atoms with Crippen LogP contribution in [0.3, 0.4) is 0 Å². The molecule has 1 aliphatic heterocycles. The van der Waals surface area contributed by atoms with E-state index in [0.717, 1.165) is 19.2 Å². The minimum absolute atomic E-state index is 0.0337. The molecule has 0 bridgehead atoms. The molecule has 3 rings (SSSR count). The Morgan fingerprint density at radius 3 is 2.92 bits per heavy atom. The van der Waals surface area contributed by atoms with Gasteiger partial charge in [0, 0.05) is 18.7 Å². The van der Waals surface area contributed by atoms with Crippen molar-refractivity contribution < 1.29 is 9.18 Å². The maximum atomic E-state index is 14.0. The average Bonchev–Trinajstić information content (AvgIpc) is 2.57. The Morgan fingerprint density at radius 1 is 1.33 bits per heavy atom. The summed E-state index contributed by atoms with van der Waals surface area (Å²) in [5, 5.41) is 2.70. The number of nitrogens with one attached hydrogen (secondary N) is 2. The largest absolute Gasteiger partial charge is 0.320 e. The molecule has 2 heterocycles. The number of nitrogens with zero attached hydrogens (tertiary/aromatic N) is 2. The first-order valence-electron chi connectivity index (χ1n) is 8.00. The van der Waals surface area contributed by atoms with Crippen LogP contribution in [0.25, 0.3) is 10.9 Å². The first kappa shape index (κ1) is 16.3. The zero-order valence-corrected chi connectivity index (χ0v) is 13.2. The fourth-order valence-electron chi connectivity index (χ4n) is 2.81. The molecule has 0 aliphatic carbocycles. The van der Waals surface area contributed by atoms with Gasteiger partial charge in [-0.05, 0) is 32.0 Å². The number of anilines is 1. The molecule has 1 fully saturated rings. The fourth-order valence-corrected chi connectivity index (χ4v) is 2.81. The van der Waals surface area contributed by atoms with E-state index in [9.17, 15) is 14.0 Å². The van der Waals surface area contributed by atoms with Crippen molar-refractivity contribution >= 4 is 22.5 Å². The van der Waals surface area contributed by atoms with E-state index >= 15 is 0 Å². The molecule has 126 valence electrons. The Morgan fingerprint density at radius 2 is 2.12 bits per heavy atom. The summed E-state index contributed by atoms with van der Waals surface area (Å²) in [5.74, 6) is -1.05. The molecule has 0 unspecified atom stereocenters. The first-order valence-corrected chi connectivity index (χ1v) is 8.00. The number of piperidine rings is 1. The number of halogens is 1. The molecular weight excluding hydrogens is 311 g/mol. The van der Waals surface area contributed by atoms with Gasteiger partial charge in [-0.15, -0.1) is 0 Å². The molecule has 2 N–H and O–H groups in total. The highest BCUT2D eigenvalue weighted by molar-refractivity contribution is 6.00. The molecular formula is C17H19FN4O2. The van der Waals surface area contributed by atoms with Crippen molar-refractivity contribution in [3.63, 3.8) is 0 Å². The minimum atomic E-state index is -0.626. The highest BCUT2D eigenvalue weighted by Gasteiger charge is 2.10. The summed E-state index contributed by atoms with van der Waals surface area (Å²) in [6, 6.07) is 2.44. The van der Waals surface area contributed by atoms with Gasteiger partial charge < -0.3 is 10.3 Å². The van der Waals surface area contributed by atoms with Crippen molar-refractivity contribution in [1.29, 1.82) is 0 Å². The van der Waals surface area contributed by atoms with Crippen LogP contribution in [-0.2, 0) is 4.79 Å². The Kier molecular flexibility index (Phi) is 5.00. The van der Waals surface area contributed by atoms with Crippen molar-refractivity contribution in [3.05, 3.63) is 46.8 Å². The molecule has 6 nitrogen and oxygen atoms in total. The van der Waals surface area contributed by atoms with Gasteiger partial charge in [-0.25, -0.2) is 9.37 Å². The molecule has 1 saturated heterocycles. The van der Waals surface area contributed by atoms with Crippen LogP contribution in [0.5, 0.6) is 0 Å². The van der Waals surface area contributed by atoms with Crippen LogP contribution in [-0.4, -0.2) is 40.4 Å². The number of carbonyl (C=O) groups is 1. The highest BCUT2D eigenvalue weighted by Crippen LogP contribution is 2.19. The minimum Gasteiger partial charge on any atom is -0.320 e. The maximum absolute atomic E-state index is 14.0. The third-order valence-corrected chi connectivity index (χ3v) is 4.07. The van der Waals surface area contributed by atoms with Crippen LogP contribution in [0.4, 0.5) is 10.1 Å². The number of hydrogen-bond acceptors (Lipinski definition) is 4. The van der Waals surface area contributed by atoms with Crippen molar-refractivity contribution in [2.75, 3.05) is 25.0 Å². The van der Waals surface area contributed by atoms with Gasteiger partial charge in [0.2, 0.25) is 5.91 Å². The average molecular weight is 330 g/mol. The van der Waals surface area contributed by atoms with Gasteiger partial charge in [0.15, 0.2) is 0 Å². The van der Waals surface area contributed by atoms with E-state index in [2.05, 4.69) is 20.2 Å². The van der Waals surface area contributed by atoms with Gasteiger partial charge in [0.05, 0.1) is 22.9 Å². The lowest BCUT2D eigenvalue weighted by Gasteiger charge is -2.24. The Balaban J connectivity index is 1.67. The SMILES string of the molecule is O=C(/C=C/CN1CCCCC1)Nc1cc2c(=O)[nH]cnc2cc1F. The standard InChI is InChI=1S/C17H19FN4O2/c18-13-10-14-12(17(24)20-11-19-14)9-15(13)21-16(23)5-4-8-22-6-2-1-3-7-22/h4-5,9-11H,1-3,6-8H2,(H,21,23)(H,19,20,24)/b5-4+. The summed E-state index contributed by atoms with van der Waals surface area (Å²) in [6.45, 7) is 2.79. The quantitative estimate of drug-likeness (QED) is 0.841. The van der Waals surface area contributed by atoms with Crippen LogP contribution in [0.2, 0.25) is 0 Å². The Hall–Kier alpha value is -2.54. The van der Waals surface area contributed by atoms with Crippen LogP contribution in [0, 0.1) is 5.82 Å². The fraction of sp³-hybridized carbons (Fsp3) is 0.353. The third kappa shape index (κ3) is 3.86. The third-order valence-electron chi connectivity index (χ3n) is 4.07.